The number of rotatable bonds is 5. The van der Waals surface area contributed by atoms with Gasteiger partial charge in [0.05, 0.1) is 11.7 Å². The van der Waals surface area contributed by atoms with Gasteiger partial charge >= 0.3 is 0 Å². The van der Waals surface area contributed by atoms with Crippen LogP contribution in [-0.4, -0.2) is 41.5 Å². The molecule has 0 atom stereocenters. The van der Waals surface area contributed by atoms with Crippen molar-refractivity contribution in [3.8, 4) is 0 Å². The molecule has 3 aromatic rings. The van der Waals surface area contributed by atoms with Crippen molar-refractivity contribution in [1.82, 2.24) is 14.5 Å². The molecule has 0 saturated carbocycles. The van der Waals surface area contributed by atoms with Crippen molar-refractivity contribution in [3.63, 3.8) is 0 Å². The number of likely N-dealkylation sites (N-methyl/N-ethyl adjacent to an activating group) is 1. The fourth-order valence-corrected chi connectivity index (χ4v) is 3.26. The first-order valence-corrected chi connectivity index (χ1v) is 8.76. The normalized spacial score (nSPS) is 10.8. The van der Waals surface area contributed by atoms with Crippen molar-refractivity contribution in [2.75, 3.05) is 26.0 Å². The first-order chi connectivity index (χ1) is 12.0. The van der Waals surface area contributed by atoms with Gasteiger partial charge in [-0.25, -0.2) is 4.98 Å². The van der Waals surface area contributed by atoms with Crippen LogP contribution < -0.4 is 10.5 Å². The van der Waals surface area contributed by atoms with Crippen LogP contribution in [0.4, 0.5) is 5.69 Å². The molecular formula is C18H20N4O2S. The van der Waals surface area contributed by atoms with E-state index >= 15 is 0 Å². The molecule has 2 heterocycles. The third kappa shape index (κ3) is 3.71. The number of carbonyl (C=O) groups is 1. The molecular weight excluding hydrogens is 336 g/mol. The fourth-order valence-electron chi connectivity index (χ4n) is 2.53. The molecule has 25 heavy (non-hydrogen) atoms. The van der Waals surface area contributed by atoms with Gasteiger partial charge in [-0.2, -0.15) is 0 Å². The topological polar surface area (TPSA) is 58.4 Å². The number of hydrogen-bond acceptors (Lipinski definition) is 5. The Kier molecular flexibility index (Phi) is 4.85. The molecule has 0 bridgehead atoms. The third-order valence-electron chi connectivity index (χ3n) is 4.05. The van der Waals surface area contributed by atoms with Crippen molar-refractivity contribution in [2.45, 2.75) is 13.1 Å². The smallest absolute Gasteiger partial charge is 0.262 e. The molecule has 0 fully saturated rings. The van der Waals surface area contributed by atoms with E-state index in [0.717, 1.165) is 11.3 Å². The highest BCUT2D eigenvalue weighted by Gasteiger charge is 2.13. The summed E-state index contributed by atoms with van der Waals surface area (Å²) in [5.41, 5.74) is 1.97. The summed E-state index contributed by atoms with van der Waals surface area (Å²) in [6.45, 7) is 0.485. The summed E-state index contributed by atoms with van der Waals surface area (Å²) < 4.78 is 1.36. The van der Waals surface area contributed by atoms with Crippen LogP contribution in [0.15, 0.2) is 46.8 Å². The van der Waals surface area contributed by atoms with Gasteiger partial charge in [-0.1, -0.05) is 12.1 Å². The molecule has 0 N–H and O–H groups in total. The monoisotopic (exact) mass is 356 g/mol. The minimum atomic E-state index is -0.177. The highest BCUT2D eigenvalue weighted by atomic mass is 32.1. The molecule has 130 valence electrons. The average Bonchev–Trinajstić information content (AvgIpc) is 3.07. The van der Waals surface area contributed by atoms with Gasteiger partial charge in [0.1, 0.15) is 11.4 Å². The van der Waals surface area contributed by atoms with Crippen molar-refractivity contribution < 1.29 is 4.79 Å². The number of thiophene rings is 1. The Labute approximate surface area is 149 Å². The molecule has 0 saturated heterocycles. The first-order valence-electron chi connectivity index (χ1n) is 7.88. The Balaban J connectivity index is 1.69. The van der Waals surface area contributed by atoms with E-state index in [0.29, 0.717) is 16.8 Å². The maximum absolute atomic E-state index is 12.5. The van der Waals surface area contributed by atoms with Crippen LogP contribution in [0.1, 0.15) is 5.56 Å². The minimum Gasteiger partial charge on any atom is -0.378 e. The minimum absolute atomic E-state index is 0.0100. The molecule has 0 spiro atoms. The summed E-state index contributed by atoms with van der Waals surface area (Å²) in [4.78, 5) is 33.4. The Morgan fingerprint density at radius 2 is 1.88 bits per heavy atom. The van der Waals surface area contributed by atoms with Gasteiger partial charge in [0.25, 0.3) is 5.56 Å². The Bertz CT molecular complexity index is 944. The molecule has 0 radical (unpaired) electrons. The number of amides is 1. The molecule has 2 aromatic heterocycles. The predicted octanol–water partition coefficient (Wildman–Crippen LogP) is 2.18. The van der Waals surface area contributed by atoms with E-state index in [9.17, 15) is 9.59 Å². The lowest BCUT2D eigenvalue weighted by Gasteiger charge is -2.19. The summed E-state index contributed by atoms with van der Waals surface area (Å²) in [5.74, 6) is -0.129. The number of anilines is 1. The standard InChI is InChI=1S/C18H20N4O2S/c1-20(2)14-6-4-13(5-7-14)10-21(3)16(23)11-22-12-19-17-15(18(22)24)8-9-25-17/h4-9,12H,10-11H2,1-3H3. The lowest BCUT2D eigenvalue weighted by Crippen LogP contribution is -2.33. The van der Waals surface area contributed by atoms with Crippen LogP contribution in [0, 0.1) is 0 Å². The summed E-state index contributed by atoms with van der Waals surface area (Å²) in [6.07, 6.45) is 1.44. The molecule has 6 nitrogen and oxygen atoms in total. The Morgan fingerprint density at radius 1 is 1.16 bits per heavy atom. The summed E-state index contributed by atoms with van der Waals surface area (Å²) in [7, 11) is 5.71. The number of carbonyl (C=O) groups excluding carboxylic acids is 1. The lowest BCUT2D eigenvalue weighted by atomic mass is 10.2. The van der Waals surface area contributed by atoms with Gasteiger partial charge in [0.2, 0.25) is 5.91 Å². The van der Waals surface area contributed by atoms with Crippen LogP contribution in [0.25, 0.3) is 10.2 Å². The van der Waals surface area contributed by atoms with Crippen molar-refractivity contribution >= 4 is 33.1 Å². The van der Waals surface area contributed by atoms with Gasteiger partial charge in [0, 0.05) is 33.4 Å². The van der Waals surface area contributed by atoms with Gasteiger partial charge in [-0.3, -0.25) is 14.2 Å². The SMILES string of the molecule is CN(Cc1ccc(N(C)C)cc1)C(=O)Cn1cnc2sccc2c1=O. The van der Waals surface area contributed by atoms with Crippen molar-refractivity contribution in [2.24, 2.45) is 0 Å². The van der Waals surface area contributed by atoms with Crippen LogP contribution in [-0.2, 0) is 17.9 Å². The summed E-state index contributed by atoms with van der Waals surface area (Å²) in [5, 5.41) is 2.39. The van der Waals surface area contributed by atoms with Crippen LogP contribution in [0.5, 0.6) is 0 Å². The second-order valence-electron chi connectivity index (χ2n) is 6.13. The molecule has 0 unspecified atom stereocenters. The van der Waals surface area contributed by atoms with Gasteiger partial charge in [-0.15, -0.1) is 11.3 Å². The van der Waals surface area contributed by atoms with Gasteiger partial charge in [0.15, 0.2) is 0 Å². The van der Waals surface area contributed by atoms with Crippen molar-refractivity contribution in [1.29, 1.82) is 0 Å². The zero-order chi connectivity index (χ0) is 18.0. The molecule has 0 aliphatic carbocycles. The summed E-state index contributed by atoms with van der Waals surface area (Å²) in [6, 6.07) is 9.79. The zero-order valence-corrected chi connectivity index (χ0v) is 15.3. The quantitative estimate of drug-likeness (QED) is 0.703. The van der Waals surface area contributed by atoms with E-state index in [1.54, 1.807) is 18.0 Å². The lowest BCUT2D eigenvalue weighted by molar-refractivity contribution is -0.131. The first kappa shape index (κ1) is 17.2. The van der Waals surface area contributed by atoms with Gasteiger partial charge < -0.3 is 9.80 Å². The predicted molar refractivity (Wildman–Crippen MR) is 101 cm³/mol. The highest BCUT2D eigenvalue weighted by Crippen LogP contribution is 2.14. The largest absolute Gasteiger partial charge is 0.378 e. The highest BCUT2D eigenvalue weighted by molar-refractivity contribution is 7.16. The molecule has 7 heteroatoms. The third-order valence-corrected chi connectivity index (χ3v) is 4.88. The molecule has 0 aliphatic rings. The molecule has 1 aromatic carbocycles. The van der Waals surface area contributed by atoms with E-state index in [2.05, 4.69) is 4.98 Å². The van der Waals surface area contributed by atoms with E-state index in [-0.39, 0.29) is 18.0 Å². The fraction of sp³-hybridized carbons (Fsp3) is 0.278. The Morgan fingerprint density at radius 3 is 2.56 bits per heavy atom. The Hall–Kier alpha value is -2.67. The maximum Gasteiger partial charge on any atom is 0.262 e. The number of fused-ring (bicyclic) bond motifs is 1. The van der Waals surface area contributed by atoms with Gasteiger partial charge in [-0.05, 0) is 29.1 Å². The van der Waals surface area contributed by atoms with Crippen molar-refractivity contribution in [3.05, 3.63) is 58.0 Å². The van der Waals surface area contributed by atoms with E-state index < -0.39 is 0 Å². The van der Waals surface area contributed by atoms with Crippen LogP contribution in [0.3, 0.4) is 0 Å². The second-order valence-corrected chi connectivity index (χ2v) is 7.02. The van der Waals surface area contributed by atoms with Crippen LogP contribution >= 0.6 is 11.3 Å². The number of benzene rings is 1. The molecule has 1 amide bonds. The second kappa shape index (κ2) is 7.06. The molecule has 3 rings (SSSR count). The van der Waals surface area contributed by atoms with E-state index in [1.807, 2.05) is 48.6 Å². The van der Waals surface area contributed by atoms with E-state index in [4.69, 9.17) is 0 Å². The summed E-state index contributed by atoms with van der Waals surface area (Å²) >= 11 is 1.42. The maximum atomic E-state index is 12.5. The average molecular weight is 356 g/mol. The number of nitrogens with zero attached hydrogens (tertiary/aromatic N) is 4. The number of aromatic nitrogens is 2. The van der Waals surface area contributed by atoms with E-state index in [1.165, 1.54) is 22.2 Å². The zero-order valence-electron chi connectivity index (χ0n) is 14.5. The number of hydrogen-bond donors (Lipinski definition) is 0. The molecule has 0 aliphatic heterocycles. The van der Waals surface area contributed by atoms with Crippen LogP contribution in [0.2, 0.25) is 0 Å².